The minimum atomic E-state index is 0.240. The molecule has 0 saturated carbocycles. The fourth-order valence-electron chi connectivity index (χ4n) is 2.19. The summed E-state index contributed by atoms with van der Waals surface area (Å²) in [5, 5.41) is 8.91. The molecule has 0 aromatic carbocycles. The number of piperidine rings is 1. The molecule has 1 heterocycles. The van der Waals surface area contributed by atoms with E-state index in [-0.39, 0.29) is 12.5 Å². The molecule has 1 saturated heterocycles. The zero-order valence-corrected chi connectivity index (χ0v) is 10.5. The lowest BCUT2D eigenvalue weighted by molar-refractivity contribution is -0.133. The molecule has 1 fully saturated rings. The first-order chi connectivity index (χ1) is 7.63. The Hall–Kier alpha value is -0.610. The quantitative estimate of drug-likeness (QED) is 0.748. The summed E-state index contributed by atoms with van der Waals surface area (Å²) in [7, 11) is 3.97. The first-order valence-electron chi connectivity index (χ1n) is 6.17. The number of nitrogens with zero attached hydrogens (tertiary/aromatic N) is 2. The first kappa shape index (κ1) is 13.5. The minimum absolute atomic E-state index is 0.240. The van der Waals surface area contributed by atoms with Gasteiger partial charge in [-0.15, -0.1) is 0 Å². The van der Waals surface area contributed by atoms with Crippen molar-refractivity contribution in [2.24, 2.45) is 5.92 Å². The molecule has 16 heavy (non-hydrogen) atoms. The molecule has 4 nitrogen and oxygen atoms in total. The predicted molar refractivity (Wildman–Crippen MR) is 64.2 cm³/mol. The van der Waals surface area contributed by atoms with E-state index in [9.17, 15) is 4.79 Å². The van der Waals surface area contributed by atoms with Crippen molar-refractivity contribution in [3.63, 3.8) is 0 Å². The Balaban J connectivity index is 2.32. The van der Waals surface area contributed by atoms with Crippen molar-refractivity contribution in [3.05, 3.63) is 0 Å². The van der Waals surface area contributed by atoms with Gasteiger partial charge in [0.15, 0.2) is 0 Å². The summed E-state index contributed by atoms with van der Waals surface area (Å²) in [6, 6.07) is 0. The number of aliphatic hydroxyl groups is 1. The van der Waals surface area contributed by atoms with Crippen molar-refractivity contribution >= 4 is 5.91 Å². The van der Waals surface area contributed by atoms with Crippen LogP contribution in [0.25, 0.3) is 0 Å². The van der Waals surface area contributed by atoms with Crippen LogP contribution in [0.1, 0.15) is 25.7 Å². The van der Waals surface area contributed by atoms with Crippen molar-refractivity contribution in [3.8, 4) is 0 Å². The Morgan fingerprint density at radius 3 is 2.88 bits per heavy atom. The zero-order chi connectivity index (χ0) is 12.0. The number of aliphatic hydroxyl groups excluding tert-OH is 1. The van der Waals surface area contributed by atoms with Crippen LogP contribution < -0.4 is 0 Å². The molecule has 0 aromatic heterocycles. The van der Waals surface area contributed by atoms with Gasteiger partial charge in [0.25, 0.3) is 0 Å². The zero-order valence-electron chi connectivity index (χ0n) is 10.5. The Labute approximate surface area is 98.2 Å². The number of carbonyl (C=O) groups is 1. The van der Waals surface area contributed by atoms with E-state index in [0.717, 1.165) is 38.9 Å². The molecular formula is C12H24N2O2. The van der Waals surface area contributed by atoms with Crippen molar-refractivity contribution in [1.29, 1.82) is 0 Å². The van der Waals surface area contributed by atoms with Gasteiger partial charge in [0.1, 0.15) is 0 Å². The van der Waals surface area contributed by atoms with Crippen molar-refractivity contribution in [2.45, 2.75) is 25.7 Å². The van der Waals surface area contributed by atoms with Crippen LogP contribution in [0.2, 0.25) is 0 Å². The average Bonchev–Trinajstić information content (AvgIpc) is 2.26. The number of hydrogen-bond donors (Lipinski definition) is 1. The highest BCUT2D eigenvalue weighted by atomic mass is 16.3. The van der Waals surface area contributed by atoms with Gasteiger partial charge >= 0.3 is 0 Å². The summed E-state index contributed by atoms with van der Waals surface area (Å²) >= 11 is 0. The van der Waals surface area contributed by atoms with Crippen LogP contribution in [0.5, 0.6) is 0 Å². The third-order valence-corrected chi connectivity index (χ3v) is 3.18. The van der Waals surface area contributed by atoms with Crippen LogP contribution in [-0.2, 0) is 4.79 Å². The second-order valence-electron chi connectivity index (χ2n) is 4.91. The second-order valence-corrected chi connectivity index (χ2v) is 4.91. The molecular weight excluding hydrogens is 204 g/mol. The van der Waals surface area contributed by atoms with Crippen LogP contribution in [0.4, 0.5) is 0 Å². The summed E-state index contributed by atoms with van der Waals surface area (Å²) < 4.78 is 0. The van der Waals surface area contributed by atoms with Crippen LogP contribution in [0.3, 0.4) is 0 Å². The SMILES string of the molecule is CN(C)CCC(=O)N1CCCC(CCO)C1. The van der Waals surface area contributed by atoms with E-state index in [4.69, 9.17) is 5.11 Å². The number of amides is 1. The molecule has 1 amide bonds. The highest BCUT2D eigenvalue weighted by Crippen LogP contribution is 2.19. The van der Waals surface area contributed by atoms with E-state index in [1.165, 1.54) is 0 Å². The monoisotopic (exact) mass is 228 g/mol. The number of hydrogen-bond acceptors (Lipinski definition) is 3. The molecule has 1 N–H and O–H groups in total. The number of likely N-dealkylation sites (tertiary alicyclic amines) is 1. The minimum Gasteiger partial charge on any atom is -0.396 e. The molecule has 1 aliphatic heterocycles. The van der Waals surface area contributed by atoms with Gasteiger partial charge in [-0.1, -0.05) is 0 Å². The molecule has 1 rings (SSSR count). The summed E-state index contributed by atoms with van der Waals surface area (Å²) in [6.45, 7) is 2.80. The van der Waals surface area contributed by atoms with E-state index < -0.39 is 0 Å². The normalized spacial score (nSPS) is 21.5. The maximum atomic E-state index is 11.9. The molecule has 1 aliphatic rings. The van der Waals surface area contributed by atoms with Gasteiger partial charge in [0, 0.05) is 32.7 Å². The van der Waals surface area contributed by atoms with E-state index in [1.54, 1.807) is 0 Å². The Bertz CT molecular complexity index is 217. The molecule has 94 valence electrons. The molecule has 0 aliphatic carbocycles. The van der Waals surface area contributed by atoms with Crippen LogP contribution in [0, 0.1) is 5.92 Å². The van der Waals surface area contributed by atoms with Gasteiger partial charge in [-0.25, -0.2) is 0 Å². The molecule has 0 radical (unpaired) electrons. The van der Waals surface area contributed by atoms with Gasteiger partial charge in [-0.2, -0.15) is 0 Å². The molecule has 4 heteroatoms. The van der Waals surface area contributed by atoms with Gasteiger partial charge in [-0.05, 0) is 39.3 Å². The van der Waals surface area contributed by atoms with Crippen LogP contribution in [0.15, 0.2) is 0 Å². The lowest BCUT2D eigenvalue weighted by Gasteiger charge is -2.32. The average molecular weight is 228 g/mol. The van der Waals surface area contributed by atoms with Gasteiger partial charge in [0.2, 0.25) is 5.91 Å². The Morgan fingerprint density at radius 2 is 2.25 bits per heavy atom. The summed E-state index contributed by atoms with van der Waals surface area (Å²) in [5.74, 6) is 0.762. The van der Waals surface area contributed by atoms with Crippen molar-refractivity contribution < 1.29 is 9.90 Å². The maximum Gasteiger partial charge on any atom is 0.223 e. The van der Waals surface area contributed by atoms with Crippen molar-refractivity contribution in [1.82, 2.24) is 9.80 Å². The van der Waals surface area contributed by atoms with Gasteiger partial charge in [0.05, 0.1) is 0 Å². The third-order valence-electron chi connectivity index (χ3n) is 3.18. The standard InChI is InChI=1S/C12H24N2O2/c1-13(2)8-5-12(16)14-7-3-4-11(10-14)6-9-15/h11,15H,3-10H2,1-2H3. The fourth-order valence-corrected chi connectivity index (χ4v) is 2.19. The van der Waals surface area contributed by atoms with Gasteiger partial charge < -0.3 is 14.9 Å². The maximum absolute atomic E-state index is 11.9. The molecule has 0 bridgehead atoms. The number of carbonyl (C=O) groups excluding carboxylic acids is 1. The second kappa shape index (κ2) is 6.86. The number of rotatable bonds is 5. The fraction of sp³-hybridized carbons (Fsp3) is 0.917. The van der Waals surface area contributed by atoms with Gasteiger partial charge in [-0.3, -0.25) is 4.79 Å². The first-order valence-corrected chi connectivity index (χ1v) is 6.17. The van der Waals surface area contributed by atoms with E-state index in [0.29, 0.717) is 12.3 Å². The molecule has 1 unspecified atom stereocenters. The van der Waals surface area contributed by atoms with Crippen molar-refractivity contribution in [2.75, 3.05) is 40.3 Å². The molecule has 0 aromatic rings. The predicted octanol–water partition coefficient (Wildman–Crippen LogP) is 0.559. The van der Waals surface area contributed by atoms with E-state index >= 15 is 0 Å². The molecule has 1 atom stereocenters. The summed E-state index contributed by atoms with van der Waals surface area (Å²) in [6.07, 6.45) is 3.67. The van der Waals surface area contributed by atoms with Crippen LogP contribution >= 0.6 is 0 Å². The Kier molecular flexibility index (Phi) is 5.77. The lowest BCUT2D eigenvalue weighted by Crippen LogP contribution is -2.41. The third kappa shape index (κ3) is 4.49. The molecule has 0 spiro atoms. The smallest absolute Gasteiger partial charge is 0.223 e. The topological polar surface area (TPSA) is 43.8 Å². The summed E-state index contributed by atoms with van der Waals surface area (Å²) in [4.78, 5) is 15.9. The van der Waals surface area contributed by atoms with E-state index in [2.05, 4.69) is 0 Å². The van der Waals surface area contributed by atoms with Crippen LogP contribution in [-0.4, -0.2) is 61.2 Å². The highest BCUT2D eigenvalue weighted by Gasteiger charge is 2.22. The largest absolute Gasteiger partial charge is 0.396 e. The Morgan fingerprint density at radius 1 is 1.50 bits per heavy atom. The summed E-state index contributed by atoms with van der Waals surface area (Å²) in [5.41, 5.74) is 0. The van der Waals surface area contributed by atoms with E-state index in [1.807, 2.05) is 23.9 Å². The lowest BCUT2D eigenvalue weighted by atomic mass is 9.95. The highest BCUT2D eigenvalue weighted by molar-refractivity contribution is 5.76.